The smallest absolute Gasteiger partial charge is 0.283 e. The first-order valence-electron chi connectivity index (χ1n) is 12.4. The molecule has 1 atom stereocenters. The minimum atomic E-state index is -0.592. The number of hydrogen-bond acceptors (Lipinski definition) is 8. The Bertz CT molecular complexity index is 1380. The highest BCUT2D eigenvalue weighted by Crippen LogP contribution is 2.34. The third kappa shape index (κ3) is 4.74. The van der Waals surface area contributed by atoms with Crippen LogP contribution >= 0.6 is 0 Å². The molecule has 0 aliphatic carbocycles. The second-order valence-electron chi connectivity index (χ2n) is 9.46. The van der Waals surface area contributed by atoms with Crippen LogP contribution in [0.1, 0.15) is 35.8 Å². The van der Waals surface area contributed by atoms with Gasteiger partial charge in [0.25, 0.3) is 5.89 Å². The Morgan fingerprint density at radius 2 is 2.00 bits per heavy atom. The predicted octanol–water partition coefficient (Wildman–Crippen LogP) is 4.82. The maximum atomic E-state index is 10.7. The number of aromatic nitrogens is 2. The van der Waals surface area contributed by atoms with Crippen LogP contribution in [-0.4, -0.2) is 59.2 Å². The summed E-state index contributed by atoms with van der Waals surface area (Å²) in [6.07, 6.45) is 5.70. The van der Waals surface area contributed by atoms with Crippen molar-refractivity contribution in [1.82, 2.24) is 15.1 Å². The molecule has 1 fully saturated rings. The molecule has 0 saturated carbocycles. The minimum Gasteiger partial charge on any atom is -0.490 e. The standard InChI is InChI=1S/C28H29N3O5/c1-18-29-30-28(35-18)27-15-23-24(5-2-6-25(23)36-27)34-17-22(32)16-31-11-9-19(10-12-31)21-8-7-20-4-3-13-33-26(20)14-21/h2-8,14-15,19,22,32H,9-13,16-17H2,1H3. The summed E-state index contributed by atoms with van der Waals surface area (Å²) >= 11 is 0. The first-order valence-corrected chi connectivity index (χ1v) is 12.4. The number of furan rings is 1. The van der Waals surface area contributed by atoms with Crippen molar-refractivity contribution >= 4 is 17.0 Å². The number of aliphatic hydroxyl groups excluding tert-OH is 1. The fourth-order valence-corrected chi connectivity index (χ4v) is 5.03. The van der Waals surface area contributed by atoms with E-state index in [2.05, 4.69) is 39.4 Å². The topological polar surface area (TPSA) is 94.0 Å². The predicted molar refractivity (Wildman–Crippen MR) is 135 cm³/mol. The van der Waals surface area contributed by atoms with Crippen LogP contribution in [-0.2, 0) is 0 Å². The number of fused-ring (bicyclic) bond motifs is 2. The van der Waals surface area contributed by atoms with Gasteiger partial charge in [-0.15, -0.1) is 10.2 Å². The van der Waals surface area contributed by atoms with E-state index in [1.165, 1.54) is 5.56 Å². The molecular formula is C28H29N3O5. The van der Waals surface area contributed by atoms with Gasteiger partial charge in [-0.25, -0.2) is 0 Å². The van der Waals surface area contributed by atoms with Crippen molar-refractivity contribution in [3.05, 3.63) is 65.6 Å². The number of aliphatic hydroxyl groups is 1. The second-order valence-corrected chi connectivity index (χ2v) is 9.46. The zero-order valence-electron chi connectivity index (χ0n) is 20.2. The fourth-order valence-electron chi connectivity index (χ4n) is 5.03. The Labute approximate surface area is 209 Å². The number of aryl methyl sites for hydroxylation is 1. The van der Waals surface area contributed by atoms with Gasteiger partial charge in [0, 0.05) is 25.1 Å². The van der Waals surface area contributed by atoms with E-state index in [0.717, 1.165) is 42.6 Å². The number of β-amino-alcohol motifs (C(OH)–C–C–N with tert-alkyl or cyclic N) is 1. The van der Waals surface area contributed by atoms with Crippen molar-refractivity contribution in [3.8, 4) is 23.1 Å². The summed E-state index contributed by atoms with van der Waals surface area (Å²) < 4.78 is 23.1. The van der Waals surface area contributed by atoms with Gasteiger partial charge in [0.1, 0.15) is 36.4 Å². The average Bonchev–Trinajstić information content (AvgIpc) is 3.54. The highest BCUT2D eigenvalue weighted by atomic mass is 16.5. The first-order chi connectivity index (χ1) is 17.6. The van der Waals surface area contributed by atoms with E-state index < -0.39 is 6.10 Å². The van der Waals surface area contributed by atoms with E-state index in [4.69, 9.17) is 18.3 Å². The first kappa shape index (κ1) is 22.8. The second kappa shape index (κ2) is 9.79. The maximum Gasteiger partial charge on any atom is 0.283 e. The molecule has 0 spiro atoms. The number of rotatable bonds is 7. The molecule has 2 aliphatic rings. The van der Waals surface area contributed by atoms with Crippen LogP contribution in [0, 0.1) is 6.92 Å². The van der Waals surface area contributed by atoms with Crippen LogP contribution in [0.15, 0.2) is 57.4 Å². The zero-order valence-corrected chi connectivity index (χ0v) is 20.2. The molecule has 2 aliphatic heterocycles. The summed E-state index contributed by atoms with van der Waals surface area (Å²) in [6.45, 7) is 5.06. The molecule has 6 rings (SSSR count). The number of hydrogen-bond donors (Lipinski definition) is 1. The monoisotopic (exact) mass is 487 g/mol. The highest BCUT2D eigenvalue weighted by Gasteiger charge is 2.24. The van der Waals surface area contributed by atoms with Crippen molar-refractivity contribution in [2.75, 3.05) is 32.8 Å². The molecule has 8 nitrogen and oxygen atoms in total. The van der Waals surface area contributed by atoms with Gasteiger partial charge in [0.05, 0.1) is 5.39 Å². The van der Waals surface area contributed by atoms with Crippen molar-refractivity contribution in [2.45, 2.75) is 31.8 Å². The maximum absolute atomic E-state index is 10.7. The molecule has 8 heteroatoms. The van der Waals surface area contributed by atoms with Gasteiger partial charge in [-0.3, -0.25) is 0 Å². The lowest BCUT2D eigenvalue weighted by Gasteiger charge is -2.33. The quantitative estimate of drug-likeness (QED) is 0.397. The van der Waals surface area contributed by atoms with Gasteiger partial charge in [-0.1, -0.05) is 24.3 Å². The largest absolute Gasteiger partial charge is 0.490 e. The van der Waals surface area contributed by atoms with Crippen LogP contribution < -0.4 is 9.47 Å². The minimum absolute atomic E-state index is 0.203. The molecule has 4 aromatic rings. The van der Waals surface area contributed by atoms with Crippen LogP contribution in [0.5, 0.6) is 11.5 Å². The molecule has 36 heavy (non-hydrogen) atoms. The normalized spacial score (nSPS) is 17.2. The summed E-state index contributed by atoms with van der Waals surface area (Å²) in [4.78, 5) is 2.32. The molecule has 0 radical (unpaired) electrons. The zero-order chi connectivity index (χ0) is 24.5. The van der Waals surface area contributed by atoms with Gasteiger partial charge in [-0.2, -0.15) is 0 Å². The SMILES string of the molecule is Cc1nnc(-c2cc3c(OCC(O)CN4CCC(c5ccc6c(c5)OCC=C6)CC4)cccc3o2)o1. The molecule has 4 heterocycles. The van der Waals surface area contributed by atoms with Crippen molar-refractivity contribution < 1.29 is 23.4 Å². The third-order valence-electron chi connectivity index (χ3n) is 6.89. The third-order valence-corrected chi connectivity index (χ3v) is 6.89. The summed E-state index contributed by atoms with van der Waals surface area (Å²) in [5.41, 5.74) is 3.16. The van der Waals surface area contributed by atoms with E-state index in [1.807, 2.05) is 30.3 Å². The molecule has 1 N–H and O–H groups in total. The van der Waals surface area contributed by atoms with Crippen LogP contribution in [0.4, 0.5) is 0 Å². The van der Waals surface area contributed by atoms with Crippen molar-refractivity contribution in [2.24, 2.45) is 0 Å². The van der Waals surface area contributed by atoms with Gasteiger partial charge >= 0.3 is 0 Å². The summed E-state index contributed by atoms with van der Waals surface area (Å²) in [5.74, 6) is 3.45. The highest BCUT2D eigenvalue weighted by molar-refractivity contribution is 5.87. The number of piperidine rings is 1. The lowest BCUT2D eigenvalue weighted by Crippen LogP contribution is -2.40. The van der Waals surface area contributed by atoms with Gasteiger partial charge in [-0.05, 0) is 61.7 Å². The van der Waals surface area contributed by atoms with Gasteiger partial charge in [0.15, 0.2) is 5.76 Å². The molecule has 0 amide bonds. The Hall–Kier alpha value is -3.62. The molecule has 2 aromatic heterocycles. The number of nitrogens with zero attached hydrogens (tertiary/aromatic N) is 3. The van der Waals surface area contributed by atoms with Crippen molar-refractivity contribution in [3.63, 3.8) is 0 Å². The van der Waals surface area contributed by atoms with E-state index in [-0.39, 0.29) is 6.61 Å². The number of benzene rings is 2. The molecule has 1 saturated heterocycles. The Balaban J connectivity index is 1.03. The summed E-state index contributed by atoms with van der Waals surface area (Å²) in [7, 11) is 0. The molecule has 186 valence electrons. The van der Waals surface area contributed by atoms with Crippen LogP contribution in [0.3, 0.4) is 0 Å². The van der Waals surface area contributed by atoms with Crippen LogP contribution in [0.25, 0.3) is 28.7 Å². The lowest BCUT2D eigenvalue weighted by molar-refractivity contribution is 0.0599. The van der Waals surface area contributed by atoms with E-state index in [0.29, 0.717) is 47.9 Å². The Morgan fingerprint density at radius 1 is 1.11 bits per heavy atom. The fraction of sp³-hybridized carbons (Fsp3) is 0.357. The lowest BCUT2D eigenvalue weighted by atomic mass is 9.88. The van der Waals surface area contributed by atoms with Crippen LogP contribution in [0.2, 0.25) is 0 Å². The Morgan fingerprint density at radius 3 is 2.83 bits per heavy atom. The van der Waals surface area contributed by atoms with Gasteiger partial charge in [0.2, 0.25) is 5.89 Å². The van der Waals surface area contributed by atoms with E-state index in [1.54, 1.807) is 6.92 Å². The summed E-state index contributed by atoms with van der Waals surface area (Å²) in [6, 6.07) is 14.0. The Kier molecular flexibility index (Phi) is 6.21. The molecule has 0 bridgehead atoms. The number of ether oxygens (including phenoxy) is 2. The summed E-state index contributed by atoms with van der Waals surface area (Å²) in [5, 5.41) is 19.4. The van der Waals surface area contributed by atoms with E-state index in [9.17, 15) is 5.11 Å². The van der Waals surface area contributed by atoms with E-state index >= 15 is 0 Å². The molecular weight excluding hydrogens is 458 g/mol. The molecule has 2 aromatic carbocycles. The van der Waals surface area contributed by atoms with Gasteiger partial charge < -0.3 is 28.3 Å². The van der Waals surface area contributed by atoms with Crippen molar-refractivity contribution in [1.29, 1.82) is 0 Å². The molecule has 1 unspecified atom stereocenters. The average molecular weight is 488 g/mol. The number of likely N-dealkylation sites (tertiary alicyclic amines) is 1.